The molecule has 2 aromatic heterocycles. The highest BCUT2D eigenvalue weighted by molar-refractivity contribution is 5.88. The number of fused-ring (bicyclic) bond motifs is 3. The van der Waals surface area contributed by atoms with Gasteiger partial charge >= 0.3 is 12.2 Å². The fraction of sp³-hybridized carbons (Fsp3) is 0.378. The van der Waals surface area contributed by atoms with Crippen molar-refractivity contribution in [2.75, 3.05) is 27.3 Å². The number of rotatable bonds is 10. The number of nitrogens with one attached hydrogen (secondary N) is 4. The van der Waals surface area contributed by atoms with E-state index in [2.05, 4.69) is 63.1 Å². The van der Waals surface area contributed by atoms with Crippen molar-refractivity contribution in [2.45, 2.75) is 76.5 Å². The average Bonchev–Trinajstić information content (AvgIpc) is 4.10. The molecule has 4 amide bonds. The van der Waals surface area contributed by atoms with E-state index < -0.39 is 24.3 Å². The second-order valence-corrected chi connectivity index (χ2v) is 15.8. The number of carbonyl (C=O) groups excluding carboxylic acids is 4. The van der Waals surface area contributed by atoms with Gasteiger partial charge in [0.25, 0.3) is 5.91 Å². The minimum atomic E-state index is -0.879. The van der Waals surface area contributed by atoms with Crippen LogP contribution in [-0.4, -0.2) is 87.1 Å². The lowest BCUT2D eigenvalue weighted by Crippen LogP contribution is -2.51. The van der Waals surface area contributed by atoms with Crippen LogP contribution in [0.3, 0.4) is 0 Å². The first kappa shape index (κ1) is 39.4. The Balaban J connectivity index is 0.962. The number of ether oxygens (including phenoxy) is 2. The fourth-order valence-electron chi connectivity index (χ4n) is 8.75. The van der Waals surface area contributed by atoms with Crippen molar-refractivity contribution in [2.24, 2.45) is 5.92 Å². The van der Waals surface area contributed by atoms with Crippen LogP contribution in [0.2, 0.25) is 0 Å². The van der Waals surface area contributed by atoms with E-state index in [0.717, 1.165) is 83.7 Å². The monoisotopic (exact) mass is 798 g/mol. The number of carbonyl (C=O) groups is 4. The fourth-order valence-corrected chi connectivity index (χ4v) is 8.75. The van der Waals surface area contributed by atoms with Crippen molar-refractivity contribution < 1.29 is 28.7 Å². The topological polar surface area (TPSA) is 175 Å². The Morgan fingerprint density at radius 3 is 2.08 bits per heavy atom. The number of hydrogen-bond acceptors (Lipinski definition) is 8. The van der Waals surface area contributed by atoms with Crippen molar-refractivity contribution in [3.8, 4) is 33.6 Å². The number of benzene rings is 3. The summed E-state index contributed by atoms with van der Waals surface area (Å²) in [5, 5.41) is 5.44. The summed E-state index contributed by atoms with van der Waals surface area (Å²) < 4.78 is 9.63. The Labute approximate surface area is 343 Å². The number of likely N-dealkylation sites (tertiary alicyclic amines) is 2. The van der Waals surface area contributed by atoms with Gasteiger partial charge in [0.15, 0.2) is 0 Å². The summed E-state index contributed by atoms with van der Waals surface area (Å²) in [4.78, 5) is 72.4. The first-order valence-electron chi connectivity index (χ1n) is 20.4. The van der Waals surface area contributed by atoms with E-state index in [4.69, 9.17) is 19.4 Å². The first-order chi connectivity index (χ1) is 28.6. The molecule has 0 bridgehead atoms. The number of H-pyrrole nitrogens is 2. The van der Waals surface area contributed by atoms with Crippen LogP contribution in [0.4, 0.5) is 9.59 Å². The van der Waals surface area contributed by atoms with E-state index in [1.807, 2.05) is 55.3 Å². The van der Waals surface area contributed by atoms with E-state index in [1.165, 1.54) is 19.8 Å². The molecule has 1 aliphatic carbocycles. The highest BCUT2D eigenvalue weighted by Gasteiger charge is 2.39. The van der Waals surface area contributed by atoms with Crippen LogP contribution in [0.5, 0.6) is 0 Å². The summed E-state index contributed by atoms with van der Waals surface area (Å²) in [5.74, 6) is 1.06. The predicted molar refractivity (Wildman–Crippen MR) is 221 cm³/mol. The number of aromatic amines is 2. The van der Waals surface area contributed by atoms with E-state index >= 15 is 0 Å². The number of nitrogens with zero attached hydrogens (tertiary/aromatic N) is 4. The van der Waals surface area contributed by atoms with Gasteiger partial charge in [-0.1, -0.05) is 86.6 Å². The van der Waals surface area contributed by atoms with Crippen LogP contribution in [0, 0.1) is 5.92 Å². The summed E-state index contributed by atoms with van der Waals surface area (Å²) >= 11 is 0. The number of aryl methyl sites for hydroxylation is 2. The molecule has 14 nitrogen and oxygen atoms in total. The van der Waals surface area contributed by atoms with Crippen molar-refractivity contribution in [3.63, 3.8) is 0 Å². The summed E-state index contributed by atoms with van der Waals surface area (Å²) in [7, 11) is 2.58. The first-order valence-corrected chi connectivity index (χ1v) is 20.4. The summed E-state index contributed by atoms with van der Waals surface area (Å²) in [5.41, 5.74) is 9.09. The lowest BCUT2D eigenvalue weighted by Gasteiger charge is -2.30. The lowest BCUT2D eigenvalue weighted by atomic mass is 9.89. The molecule has 4 N–H and O–H groups in total. The largest absolute Gasteiger partial charge is 0.453 e. The zero-order valence-corrected chi connectivity index (χ0v) is 33.8. The molecule has 2 fully saturated rings. The Bertz CT molecular complexity index is 2340. The Morgan fingerprint density at radius 1 is 0.746 bits per heavy atom. The summed E-state index contributed by atoms with van der Waals surface area (Å²) in [6, 6.07) is 22.1. The molecule has 2 saturated heterocycles. The van der Waals surface area contributed by atoms with E-state index in [0.29, 0.717) is 24.5 Å². The third-order valence-corrected chi connectivity index (χ3v) is 11.8. The number of aromatic nitrogens is 4. The van der Waals surface area contributed by atoms with Gasteiger partial charge in [0.2, 0.25) is 5.91 Å². The molecule has 4 heterocycles. The molecule has 2 aliphatic heterocycles. The maximum atomic E-state index is 13.9. The lowest BCUT2D eigenvalue weighted by molar-refractivity contribution is -0.135. The third kappa shape index (κ3) is 7.91. The molecular weight excluding hydrogens is 749 g/mol. The Hall–Kier alpha value is -6.44. The SMILES string of the molecule is COC(=O)N[C@H](C(=O)N1CCC[C@H]1c1nc2c([nH]1)-c1ccc(-c3ccc(-c4cnc([C@@H]5CCCN5C(=O)[C@H](NC(=O)OC)c5ccccc5)[nH]4)cc3)cc1CC2)C(C)C. The van der Waals surface area contributed by atoms with Crippen LogP contribution < -0.4 is 10.6 Å². The zero-order valence-electron chi connectivity index (χ0n) is 33.8. The summed E-state index contributed by atoms with van der Waals surface area (Å²) in [6.07, 6.45) is 5.41. The number of hydrogen-bond donors (Lipinski definition) is 4. The highest BCUT2D eigenvalue weighted by Crippen LogP contribution is 2.39. The molecule has 0 saturated carbocycles. The Morgan fingerprint density at radius 2 is 1.39 bits per heavy atom. The van der Waals surface area contributed by atoms with Gasteiger partial charge < -0.3 is 39.9 Å². The minimum absolute atomic E-state index is 0.103. The van der Waals surface area contributed by atoms with Crippen molar-refractivity contribution in [1.82, 2.24) is 40.4 Å². The van der Waals surface area contributed by atoms with Crippen molar-refractivity contribution in [1.29, 1.82) is 0 Å². The molecule has 306 valence electrons. The van der Waals surface area contributed by atoms with Crippen LogP contribution in [0.1, 0.15) is 86.1 Å². The van der Waals surface area contributed by atoms with E-state index in [-0.39, 0.29) is 29.8 Å². The molecule has 0 spiro atoms. The molecular formula is C45H50N8O6. The normalized spacial score (nSPS) is 18.2. The van der Waals surface area contributed by atoms with Gasteiger partial charge in [0.1, 0.15) is 23.7 Å². The molecule has 14 heteroatoms. The second-order valence-electron chi connectivity index (χ2n) is 15.8. The van der Waals surface area contributed by atoms with Gasteiger partial charge in [-0.25, -0.2) is 19.6 Å². The number of alkyl carbamates (subject to hydrolysis) is 2. The van der Waals surface area contributed by atoms with Gasteiger partial charge in [0, 0.05) is 18.7 Å². The van der Waals surface area contributed by atoms with E-state index in [1.54, 1.807) is 4.90 Å². The van der Waals surface area contributed by atoms with Gasteiger partial charge in [-0.3, -0.25) is 9.59 Å². The molecule has 4 atom stereocenters. The van der Waals surface area contributed by atoms with Crippen LogP contribution in [-0.2, 0) is 31.9 Å². The molecule has 3 aliphatic rings. The average molecular weight is 799 g/mol. The van der Waals surface area contributed by atoms with Crippen LogP contribution in [0.15, 0.2) is 79.0 Å². The number of imidazole rings is 2. The molecule has 5 aromatic rings. The van der Waals surface area contributed by atoms with Gasteiger partial charge in [-0.2, -0.15) is 0 Å². The molecule has 8 rings (SSSR count). The third-order valence-electron chi connectivity index (χ3n) is 11.8. The van der Waals surface area contributed by atoms with Gasteiger partial charge in [-0.05, 0) is 72.3 Å². The second kappa shape index (κ2) is 16.8. The highest BCUT2D eigenvalue weighted by atomic mass is 16.5. The van der Waals surface area contributed by atoms with E-state index in [9.17, 15) is 19.2 Å². The summed E-state index contributed by atoms with van der Waals surface area (Å²) in [6.45, 7) is 4.99. The quantitative estimate of drug-likeness (QED) is 0.116. The molecule has 3 aromatic carbocycles. The van der Waals surface area contributed by atoms with Crippen LogP contribution in [0.25, 0.3) is 33.6 Å². The maximum absolute atomic E-state index is 13.9. The van der Waals surface area contributed by atoms with Crippen molar-refractivity contribution >= 4 is 24.0 Å². The number of amides is 4. The Kier molecular flexibility index (Phi) is 11.2. The van der Waals surface area contributed by atoms with Crippen molar-refractivity contribution in [3.05, 3.63) is 107 Å². The van der Waals surface area contributed by atoms with Gasteiger partial charge in [-0.15, -0.1) is 0 Å². The molecule has 59 heavy (non-hydrogen) atoms. The maximum Gasteiger partial charge on any atom is 0.407 e. The van der Waals surface area contributed by atoms with Crippen LogP contribution >= 0.6 is 0 Å². The zero-order chi connectivity index (χ0) is 41.2. The number of methoxy groups -OCH3 is 2. The van der Waals surface area contributed by atoms with Gasteiger partial charge in [0.05, 0.1) is 49.6 Å². The standard InChI is InChI=1S/C45H50N8O6/c1-26(2)37(50-44(56)58-3)42(54)53-23-9-13-36(53)41-47-33-21-19-31-24-30(18-20-32(31)39(33)49-41)27-14-16-28(17-15-27)34-25-46-40(48-34)35-12-8-22-52(35)43(55)38(51-45(57)59-4)29-10-6-5-7-11-29/h5-7,10-11,14-18,20,24-26,35-38H,8-9,12-13,19,21-23H2,1-4H3,(H,46,48)(H,47,49)(H,50,56)(H,51,57)/t35-,36-,37-,38+/m0/s1. The minimum Gasteiger partial charge on any atom is -0.453 e. The predicted octanol–water partition coefficient (Wildman–Crippen LogP) is 7.04. The smallest absolute Gasteiger partial charge is 0.407 e. The molecule has 0 unspecified atom stereocenters. The molecule has 0 radical (unpaired) electrons.